The number of nitrogens with two attached hydrogens (primary N) is 1. The first-order valence-electron chi connectivity index (χ1n) is 8.39. The van der Waals surface area contributed by atoms with Gasteiger partial charge in [-0.25, -0.2) is 0 Å². The van der Waals surface area contributed by atoms with Gasteiger partial charge in [0.05, 0.1) is 0 Å². The Morgan fingerprint density at radius 3 is 2.05 bits per heavy atom. The van der Waals surface area contributed by atoms with Gasteiger partial charge in [-0.1, -0.05) is 13.8 Å². The molecule has 3 nitrogen and oxygen atoms in total. The molecule has 2 atom stereocenters. The molecule has 0 saturated carbocycles. The van der Waals surface area contributed by atoms with Crippen molar-refractivity contribution in [2.75, 3.05) is 19.6 Å². The van der Waals surface area contributed by atoms with Crippen LogP contribution >= 0.6 is 0 Å². The van der Waals surface area contributed by atoms with Gasteiger partial charge in [-0.3, -0.25) is 4.90 Å². The maximum Gasteiger partial charge on any atom is 0.0125 e. The molecule has 0 spiro atoms. The molecule has 0 radical (unpaired) electrons. The lowest BCUT2D eigenvalue weighted by Crippen LogP contribution is -2.55. The van der Waals surface area contributed by atoms with Crippen molar-refractivity contribution in [1.29, 1.82) is 0 Å². The van der Waals surface area contributed by atoms with Crippen LogP contribution in [0.5, 0.6) is 0 Å². The summed E-state index contributed by atoms with van der Waals surface area (Å²) in [5.41, 5.74) is 6.19. The first-order chi connectivity index (χ1) is 9.13. The molecule has 3 heterocycles. The van der Waals surface area contributed by atoms with Crippen LogP contribution < -0.4 is 5.73 Å². The van der Waals surface area contributed by atoms with Crippen molar-refractivity contribution < 1.29 is 0 Å². The average Bonchev–Trinajstić information content (AvgIpc) is 2.63. The van der Waals surface area contributed by atoms with Crippen LogP contribution in [0.1, 0.15) is 52.4 Å². The molecular weight excluding hydrogens is 234 g/mol. The zero-order valence-electron chi connectivity index (χ0n) is 12.7. The smallest absolute Gasteiger partial charge is 0.0125 e. The molecule has 3 saturated heterocycles. The van der Waals surface area contributed by atoms with Crippen molar-refractivity contribution in [3.8, 4) is 0 Å². The molecule has 110 valence electrons. The molecule has 2 bridgehead atoms. The van der Waals surface area contributed by atoms with Crippen LogP contribution in [0.4, 0.5) is 0 Å². The maximum atomic E-state index is 6.19. The Morgan fingerprint density at radius 1 is 0.947 bits per heavy atom. The molecule has 0 amide bonds. The fraction of sp³-hybridized carbons (Fsp3) is 1.00. The number of hydrogen-bond acceptors (Lipinski definition) is 3. The third kappa shape index (κ3) is 2.98. The van der Waals surface area contributed by atoms with Gasteiger partial charge in [0.2, 0.25) is 0 Å². The molecule has 3 aliphatic rings. The van der Waals surface area contributed by atoms with E-state index in [0.717, 1.165) is 24.0 Å². The molecule has 0 aromatic rings. The van der Waals surface area contributed by atoms with Crippen molar-refractivity contribution in [1.82, 2.24) is 9.80 Å². The van der Waals surface area contributed by atoms with Crippen LogP contribution in [0.3, 0.4) is 0 Å². The first kappa shape index (κ1) is 13.8. The normalized spacial score (nSPS) is 38.2. The third-order valence-corrected chi connectivity index (χ3v) is 5.43. The van der Waals surface area contributed by atoms with Crippen molar-refractivity contribution >= 4 is 0 Å². The number of fused-ring (bicyclic) bond motifs is 2. The van der Waals surface area contributed by atoms with Crippen molar-refractivity contribution in [3.63, 3.8) is 0 Å². The molecule has 0 aromatic heterocycles. The monoisotopic (exact) mass is 265 g/mol. The summed E-state index contributed by atoms with van der Waals surface area (Å²) >= 11 is 0. The predicted molar refractivity (Wildman–Crippen MR) is 80.2 cm³/mol. The summed E-state index contributed by atoms with van der Waals surface area (Å²) in [6, 6.07) is 2.97. The molecular formula is C16H31N3. The van der Waals surface area contributed by atoms with Crippen LogP contribution in [-0.2, 0) is 0 Å². The van der Waals surface area contributed by atoms with Crippen LogP contribution in [0, 0.1) is 5.92 Å². The molecule has 2 N–H and O–H groups in total. The largest absolute Gasteiger partial charge is 0.328 e. The molecule has 0 aromatic carbocycles. The summed E-state index contributed by atoms with van der Waals surface area (Å²) in [4.78, 5) is 5.55. The third-order valence-electron chi connectivity index (χ3n) is 5.43. The summed E-state index contributed by atoms with van der Waals surface area (Å²) in [6.45, 7) is 8.57. The van der Waals surface area contributed by atoms with Gasteiger partial charge in [0.1, 0.15) is 0 Å². The second-order valence-electron chi connectivity index (χ2n) is 7.49. The summed E-state index contributed by atoms with van der Waals surface area (Å²) in [5.74, 6) is 0.806. The molecule has 19 heavy (non-hydrogen) atoms. The van der Waals surface area contributed by atoms with E-state index < -0.39 is 0 Å². The van der Waals surface area contributed by atoms with Crippen molar-refractivity contribution in [3.05, 3.63) is 0 Å². The molecule has 2 unspecified atom stereocenters. The van der Waals surface area contributed by atoms with Crippen LogP contribution in [-0.4, -0.2) is 53.6 Å². The van der Waals surface area contributed by atoms with Gasteiger partial charge in [0, 0.05) is 30.7 Å². The summed E-state index contributed by atoms with van der Waals surface area (Å²) in [6.07, 6.45) is 8.09. The van der Waals surface area contributed by atoms with Gasteiger partial charge in [-0.05, 0) is 57.5 Å². The van der Waals surface area contributed by atoms with Crippen LogP contribution in [0.2, 0.25) is 0 Å². The lowest BCUT2D eigenvalue weighted by Gasteiger charge is -2.46. The standard InChI is InChI=1S/C16H31N3/c1-12(2)11-18-7-5-14(6-8-18)19-15-3-4-16(19)10-13(17)9-15/h12-16H,3-11,17H2,1-2H3. The van der Waals surface area contributed by atoms with Crippen molar-refractivity contribution in [2.45, 2.75) is 76.5 Å². The van der Waals surface area contributed by atoms with E-state index in [-0.39, 0.29) is 0 Å². The Bertz CT molecular complexity index is 282. The molecule has 3 fully saturated rings. The second kappa shape index (κ2) is 5.71. The number of likely N-dealkylation sites (tertiary alicyclic amines) is 1. The Hall–Kier alpha value is -0.120. The van der Waals surface area contributed by atoms with Gasteiger partial charge in [0.25, 0.3) is 0 Å². The Labute approximate surface area is 118 Å². The van der Waals surface area contributed by atoms with E-state index in [9.17, 15) is 0 Å². The zero-order chi connectivity index (χ0) is 13.4. The minimum absolute atomic E-state index is 0.481. The Morgan fingerprint density at radius 2 is 1.53 bits per heavy atom. The highest BCUT2D eigenvalue weighted by Gasteiger charge is 2.43. The number of rotatable bonds is 3. The number of nitrogens with zero attached hydrogens (tertiary/aromatic N) is 2. The SMILES string of the molecule is CC(C)CN1CCC(N2C3CCC2CC(N)C3)CC1. The molecule has 3 aliphatic heterocycles. The Kier molecular flexibility index (Phi) is 4.16. The first-order valence-corrected chi connectivity index (χ1v) is 8.39. The van der Waals surface area contributed by atoms with Crippen LogP contribution in [0.25, 0.3) is 0 Å². The highest BCUT2D eigenvalue weighted by molar-refractivity contribution is 5.00. The second-order valence-corrected chi connectivity index (χ2v) is 7.49. The summed E-state index contributed by atoms with van der Waals surface area (Å²) < 4.78 is 0. The zero-order valence-corrected chi connectivity index (χ0v) is 12.7. The quantitative estimate of drug-likeness (QED) is 0.848. The summed E-state index contributed by atoms with van der Waals surface area (Å²) in [7, 11) is 0. The van der Waals surface area contributed by atoms with E-state index in [1.54, 1.807) is 0 Å². The van der Waals surface area contributed by atoms with Crippen LogP contribution in [0.15, 0.2) is 0 Å². The predicted octanol–water partition coefficient (Wildman–Crippen LogP) is 2.06. The minimum atomic E-state index is 0.481. The maximum absolute atomic E-state index is 6.19. The lowest BCUT2D eigenvalue weighted by atomic mass is 9.92. The van der Waals surface area contributed by atoms with Gasteiger partial charge >= 0.3 is 0 Å². The van der Waals surface area contributed by atoms with Gasteiger partial charge in [-0.2, -0.15) is 0 Å². The summed E-state index contributed by atoms with van der Waals surface area (Å²) in [5, 5.41) is 0. The molecule has 3 heteroatoms. The topological polar surface area (TPSA) is 32.5 Å². The number of hydrogen-bond donors (Lipinski definition) is 1. The minimum Gasteiger partial charge on any atom is -0.328 e. The van der Waals surface area contributed by atoms with E-state index >= 15 is 0 Å². The van der Waals surface area contributed by atoms with Crippen molar-refractivity contribution in [2.24, 2.45) is 11.7 Å². The van der Waals surface area contributed by atoms with E-state index in [1.165, 1.54) is 58.2 Å². The van der Waals surface area contributed by atoms with Gasteiger partial charge in [-0.15, -0.1) is 0 Å². The average molecular weight is 265 g/mol. The lowest BCUT2D eigenvalue weighted by molar-refractivity contribution is 0.0362. The highest BCUT2D eigenvalue weighted by atomic mass is 15.3. The van der Waals surface area contributed by atoms with Gasteiger partial charge in [0.15, 0.2) is 0 Å². The fourth-order valence-corrected chi connectivity index (χ4v) is 4.77. The van der Waals surface area contributed by atoms with E-state index in [1.807, 2.05) is 0 Å². The van der Waals surface area contributed by atoms with E-state index in [4.69, 9.17) is 5.73 Å². The number of piperidine rings is 2. The highest BCUT2D eigenvalue weighted by Crippen LogP contribution is 2.38. The van der Waals surface area contributed by atoms with E-state index in [0.29, 0.717) is 6.04 Å². The fourth-order valence-electron chi connectivity index (χ4n) is 4.77. The van der Waals surface area contributed by atoms with Gasteiger partial charge < -0.3 is 10.6 Å². The molecule has 0 aliphatic carbocycles. The van der Waals surface area contributed by atoms with E-state index in [2.05, 4.69) is 23.6 Å². The molecule has 3 rings (SSSR count). The Balaban J connectivity index is 1.54.